The second-order valence-corrected chi connectivity index (χ2v) is 7.99. The fourth-order valence-electron chi connectivity index (χ4n) is 3.04. The van der Waals surface area contributed by atoms with Crippen LogP contribution < -0.4 is 11.1 Å². The monoisotopic (exact) mass is 397 g/mol. The van der Waals surface area contributed by atoms with E-state index < -0.39 is 0 Å². The Morgan fingerprint density at radius 1 is 1.30 bits per heavy atom. The lowest BCUT2D eigenvalue weighted by Gasteiger charge is -2.26. The van der Waals surface area contributed by atoms with Crippen LogP contribution in [0, 0.1) is 5.92 Å². The van der Waals surface area contributed by atoms with Crippen LogP contribution in [0.5, 0.6) is 0 Å². The van der Waals surface area contributed by atoms with Gasteiger partial charge in [0.2, 0.25) is 0 Å². The van der Waals surface area contributed by atoms with Crippen LogP contribution in [0.15, 0.2) is 10.1 Å². The molecule has 0 radical (unpaired) electrons. The highest BCUT2D eigenvalue weighted by molar-refractivity contribution is 7.98. The van der Waals surface area contributed by atoms with Crippen molar-refractivity contribution in [3.05, 3.63) is 5.82 Å². The number of thioether (sulfide) groups is 1. The first-order valence-corrected chi connectivity index (χ1v) is 11.1. The second kappa shape index (κ2) is 12.2. The van der Waals surface area contributed by atoms with E-state index in [1.54, 1.807) is 11.8 Å². The molecule has 0 unspecified atom stereocenters. The molecule has 0 amide bonds. The van der Waals surface area contributed by atoms with E-state index >= 15 is 0 Å². The Morgan fingerprint density at radius 2 is 2.07 bits per heavy atom. The molecule has 0 aliphatic carbocycles. The minimum absolute atomic E-state index is 0.533. The number of rotatable bonds is 11. The molecular weight excluding hydrogens is 362 g/mol. The van der Waals surface area contributed by atoms with Gasteiger partial charge in [0.05, 0.1) is 13.2 Å². The summed E-state index contributed by atoms with van der Waals surface area (Å²) < 4.78 is 7.59. The van der Waals surface area contributed by atoms with Crippen LogP contribution in [0.2, 0.25) is 0 Å². The van der Waals surface area contributed by atoms with Crippen molar-refractivity contribution in [1.29, 1.82) is 0 Å². The Balaban J connectivity index is 1.64. The lowest BCUT2D eigenvalue weighted by Crippen LogP contribution is -2.39. The fraction of sp³-hybridized carbons (Fsp3) is 0.833. The van der Waals surface area contributed by atoms with Crippen molar-refractivity contribution in [1.82, 2.24) is 25.0 Å². The lowest BCUT2D eigenvalue weighted by molar-refractivity contribution is 0.0376. The fourth-order valence-corrected chi connectivity index (χ4v) is 3.56. The quantitative estimate of drug-likeness (QED) is 0.251. The third kappa shape index (κ3) is 8.06. The zero-order valence-electron chi connectivity index (χ0n) is 17.0. The minimum atomic E-state index is 0.533. The van der Waals surface area contributed by atoms with E-state index in [0.717, 1.165) is 76.2 Å². The molecule has 0 spiro atoms. The SMILES string of the molecule is CSc1nnc(CCCN=C(N)NCCCN2CCOCC2)n1CC(C)C. The molecule has 0 saturated carbocycles. The van der Waals surface area contributed by atoms with Crippen molar-refractivity contribution in [2.75, 3.05) is 52.2 Å². The molecule has 8 nitrogen and oxygen atoms in total. The van der Waals surface area contributed by atoms with Gasteiger partial charge in [-0.15, -0.1) is 10.2 Å². The van der Waals surface area contributed by atoms with Crippen LogP contribution in [-0.4, -0.2) is 77.8 Å². The summed E-state index contributed by atoms with van der Waals surface area (Å²) in [5.41, 5.74) is 5.96. The van der Waals surface area contributed by atoms with Crippen molar-refractivity contribution in [3.8, 4) is 0 Å². The zero-order valence-corrected chi connectivity index (χ0v) is 17.8. The number of guanidine groups is 1. The van der Waals surface area contributed by atoms with E-state index in [0.29, 0.717) is 18.4 Å². The summed E-state index contributed by atoms with van der Waals surface area (Å²) in [5, 5.41) is 12.8. The van der Waals surface area contributed by atoms with E-state index in [1.807, 2.05) is 6.26 Å². The summed E-state index contributed by atoms with van der Waals surface area (Å²) in [7, 11) is 0. The molecule has 1 fully saturated rings. The molecule has 0 aromatic carbocycles. The summed E-state index contributed by atoms with van der Waals surface area (Å²) >= 11 is 1.65. The predicted octanol–water partition coefficient (Wildman–Crippen LogP) is 1.22. The number of aryl methyl sites for hydroxylation is 1. The van der Waals surface area contributed by atoms with Gasteiger partial charge in [0.15, 0.2) is 11.1 Å². The van der Waals surface area contributed by atoms with Gasteiger partial charge in [-0.1, -0.05) is 25.6 Å². The molecule has 0 atom stereocenters. The molecule has 2 rings (SSSR count). The lowest BCUT2D eigenvalue weighted by atomic mass is 10.2. The van der Waals surface area contributed by atoms with Gasteiger partial charge in [0, 0.05) is 39.1 Å². The van der Waals surface area contributed by atoms with E-state index in [4.69, 9.17) is 10.5 Å². The molecule has 27 heavy (non-hydrogen) atoms. The van der Waals surface area contributed by atoms with Crippen molar-refractivity contribution >= 4 is 17.7 Å². The summed E-state index contributed by atoms with van der Waals surface area (Å²) in [6, 6.07) is 0. The summed E-state index contributed by atoms with van der Waals surface area (Å²) in [4.78, 5) is 6.85. The summed E-state index contributed by atoms with van der Waals surface area (Å²) in [6.07, 6.45) is 4.89. The van der Waals surface area contributed by atoms with E-state index in [9.17, 15) is 0 Å². The van der Waals surface area contributed by atoms with Gasteiger partial charge >= 0.3 is 0 Å². The van der Waals surface area contributed by atoms with Gasteiger partial charge < -0.3 is 20.4 Å². The topological polar surface area (TPSA) is 93.6 Å². The number of morpholine rings is 1. The Labute approximate surface area is 167 Å². The molecule has 9 heteroatoms. The molecule has 1 saturated heterocycles. The van der Waals surface area contributed by atoms with Crippen molar-refractivity contribution in [3.63, 3.8) is 0 Å². The van der Waals surface area contributed by atoms with Gasteiger partial charge in [0.1, 0.15) is 5.82 Å². The van der Waals surface area contributed by atoms with Crippen molar-refractivity contribution in [2.45, 2.75) is 44.8 Å². The molecular formula is C18H35N7OS. The first-order chi connectivity index (χ1) is 13.1. The third-order valence-corrected chi connectivity index (χ3v) is 5.09. The van der Waals surface area contributed by atoms with Crippen molar-refractivity contribution in [2.24, 2.45) is 16.6 Å². The average molecular weight is 398 g/mol. The number of hydrogen-bond acceptors (Lipinski definition) is 6. The highest BCUT2D eigenvalue weighted by atomic mass is 32.2. The van der Waals surface area contributed by atoms with E-state index in [1.165, 1.54) is 0 Å². The number of aliphatic imine (C=N–C) groups is 1. The molecule has 0 bridgehead atoms. The van der Waals surface area contributed by atoms with Gasteiger partial charge in [-0.2, -0.15) is 0 Å². The molecule has 154 valence electrons. The highest BCUT2D eigenvalue weighted by Gasteiger charge is 2.12. The minimum Gasteiger partial charge on any atom is -0.379 e. The van der Waals surface area contributed by atoms with Crippen LogP contribution in [0.25, 0.3) is 0 Å². The largest absolute Gasteiger partial charge is 0.379 e. The average Bonchev–Trinajstić information content (AvgIpc) is 3.04. The normalized spacial score (nSPS) is 16.2. The second-order valence-electron chi connectivity index (χ2n) is 7.21. The zero-order chi connectivity index (χ0) is 19.5. The standard InChI is InChI=1S/C18H35N7OS/c1-15(2)14-25-16(22-23-18(25)27-3)6-4-7-20-17(19)21-8-5-9-24-10-12-26-13-11-24/h15H,4-14H2,1-3H3,(H3,19,20,21). The Bertz CT molecular complexity index is 570. The van der Waals surface area contributed by atoms with Gasteiger partial charge in [-0.3, -0.25) is 9.89 Å². The molecule has 1 aromatic heterocycles. The number of aromatic nitrogens is 3. The van der Waals surface area contributed by atoms with Gasteiger partial charge in [-0.05, 0) is 31.6 Å². The third-order valence-electron chi connectivity index (χ3n) is 4.43. The first kappa shape index (κ1) is 22.0. The van der Waals surface area contributed by atoms with Crippen molar-refractivity contribution < 1.29 is 4.74 Å². The predicted molar refractivity (Wildman–Crippen MR) is 111 cm³/mol. The maximum Gasteiger partial charge on any atom is 0.190 e. The Hall–Kier alpha value is -1.32. The van der Waals surface area contributed by atoms with E-state index in [-0.39, 0.29) is 0 Å². The summed E-state index contributed by atoms with van der Waals surface area (Å²) in [5.74, 6) is 2.15. The first-order valence-electron chi connectivity index (χ1n) is 9.90. The van der Waals surface area contributed by atoms with Crippen LogP contribution in [0.1, 0.15) is 32.5 Å². The summed E-state index contributed by atoms with van der Waals surface area (Å²) in [6.45, 7) is 11.8. The van der Waals surface area contributed by atoms with E-state index in [2.05, 4.69) is 43.8 Å². The molecule has 3 N–H and O–H groups in total. The van der Waals surface area contributed by atoms with Crippen LogP contribution >= 0.6 is 11.8 Å². The maximum atomic E-state index is 5.96. The molecule has 2 heterocycles. The Morgan fingerprint density at radius 3 is 2.78 bits per heavy atom. The number of nitrogens with zero attached hydrogens (tertiary/aromatic N) is 5. The molecule has 1 aliphatic rings. The maximum absolute atomic E-state index is 5.96. The highest BCUT2D eigenvalue weighted by Crippen LogP contribution is 2.16. The molecule has 1 aromatic rings. The smallest absolute Gasteiger partial charge is 0.190 e. The number of hydrogen-bond donors (Lipinski definition) is 2. The van der Waals surface area contributed by atoms with Crippen LogP contribution in [-0.2, 0) is 17.7 Å². The van der Waals surface area contributed by atoms with Crippen LogP contribution in [0.4, 0.5) is 0 Å². The van der Waals surface area contributed by atoms with Gasteiger partial charge in [0.25, 0.3) is 0 Å². The number of ether oxygens (including phenoxy) is 1. The number of nitrogens with one attached hydrogen (secondary N) is 1. The number of nitrogens with two attached hydrogens (primary N) is 1. The van der Waals surface area contributed by atoms with Gasteiger partial charge in [-0.25, -0.2) is 0 Å². The Kier molecular flexibility index (Phi) is 9.93. The van der Waals surface area contributed by atoms with Crippen LogP contribution in [0.3, 0.4) is 0 Å². The molecule has 1 aliphatic heterocycles.